The molecule has 0 fully saturated rings. The first kappa shape index (κ1) is 12.2. The molecule has 0 amide bonds. The number of carboxylic acid groups (broad SMARTS) is 1. The SMILES string of the molecule is Cc1cc(NCc2cccc(C(=O)O)c2)nn1C. The van der Waals surface area contributed by atoms with E-state index in [4.69, 9.17) is 5.11 Å². The van der Waals surface area contributed by atoms with Crippen LogP contribution in [0.15, 0.2) is 30.3 Å². The van der Waals surface area contributed by atoms with E-state index in [-0.39, 0.29) is 0 Å². The van der Waals surface area contributed by atoms with E-state index in [0.717, 1.165) is 17.1 Å². The number of hydrogen-bond acceptors (Lipinski definition) is 3. The van der Waals surface area contributed by atoms with Crippen LogP contribution in [0.1, 0.15) is 21.6 Å². The average molecular weight is 245 g/mol. The summed E-state index contributed by atoms with van der Waals surface area (Å²) in [6, 6.07) is 8.81. The van der Waals surface area contributed by atoms with Gasteiger partial charge < -0.3 is 10.4 Å². The fourth-order valence-electron chi connectivity index (χ4n) is 1.65. The topological polar surface area (TPSA) is 67.2 Å². The molecule has 5 nitrogen and oxygen atoms in total. The van der Waals surface area contributed by atoms with Crippen LogP contribution in [0.2, 0.25) is 0 Å². The Kier molecular flexibility index (Phi) is 3.32. The van der Waals surface area contributed by atoms with Crippen LogP contribution >= 0.6 is 0 Å². The van der Waals surface area contributed by atoms with E-state index in [1.54, 1.807) is 22.9 Å². The molecule has 2 rings (SSSR count). The fourth-order valence-corrected chi connectivity index (χ4v) is 1.65. The molecular formula is C13H15N3O2. The van der Waals surface area contributed by atoms with Crippen LogP contribution in [-0.4, -0.2) is 20.9 Å². The summed E-state index contributed by atoms with van der Waals surface area (Å²) in [5, 5.41) is 16.3. The minimum Gasteiger partial charge on any atom is -0.478 e. The standard InChI is InChI=1S/C13H15N3O2/c1-9-6-12(15-16(9)2)14-8-10-4-3-5-11(7-10)13(17)18/h3-7H,8H2,1-2H3,(H,14,15)(H,17,18). The number of aromatic carboxylic acids is 1. The molecule has 18 heavy (non-hydrogen) atoms. The van der Waals surface area contributed by atoms with Gasteiger partial charge in [0, 0.05) is 25.4 Å². The van der Waals surface area contributed by atoms with Gasteiger partial charge in [0.1, 0.15) is 5.82 Å². The summed E-state index contributed by atoms with van der Waals surface area (Å²) in [6.07, 6.45) is 0. The zero-order chi connectivity index (χ0) is 13.1. The number of nitrogens with zero attached hydrogens (tertiary/aromatic N) is 2. The van der Waals surface area contributed by atoms with Gasteiger partial charge in [-0.3, -0.25) is 4.68 Å². The molecule has 2 N–H and O–H groups in total. The number of carboxylic acids is 1. The molecule has 0 unspecified atom stereocenters. The normalized spacial score (nSPS) is 10.3. The second-order valence-electron chi connectivity index (χ2n) is 4.15. The molecule has 0 spiro atoms. The molecule has 5 heteroatoms. The van der Waals surface area contributed by atoms with E-state index in [0.29, 0.717) is 12.1 Å². The molecular weight excluding hydrogens is 230 g/mol. The van der Waals surface area contributed by atoms with Crippen molar-refractivity contribution in [3.63, 3.8) is 0 Å². The van der Waals surface area contributed by atoms with Crippen LogP contribution in [0.25, 0.3) is 0 Å². The number of benzene rings is 1. The van der Waals surface area contributed by atoms with Crippen molar-refractivity contribution in [3.05, 3.63) is 47.2 Å². The summed E-state index contributed by atoms with van der Waals surface area (Å²) in [4.78, 5) is 10.8. The summed E-state index contributed by atoms with van der Waals surface area (Å²) in [5.41, 5.74) is 2.28. The molecule has 2 aromatic rings. The van der Waals surface area contributed by atoms with Gasteiger partial charge in [-0.15, -0.1) is 0 Å². The van der Waals surface area contributed by atoms with Crippen LogP contribution in [0, 0.1) is 6.92 Å². The van der Waals surface area contributed by atoms with Crippen molar-refractivity contribution < 1.29 is 9.90 Å². The van der Waals surface area contributed by atoms with Crippen molar-refractivity contribution in [2.24, 2.45) is 7.05 Å². The molecule has 0 saturated heterocycles. The maximum atomic E-state index is 10.8. The molecule has 0 saturated carbocycles. The van der Waals surface area contributed by atoms with E-state index >= 15 is 0 Å². The molecule has 1 aromatic carbocycles. The number of anilines is 1. The Bertz CT molecular complexity index is 556. The number of hydrogen-bond donors (Lipinski definition) is 2. The highest BCUT2D eigenvalue weighted by molar-refractivity contribution is 5.87. The van der Waals surface area contributed by atoms with E-state index in [1.807, 2.05) is 26.1 Å². The van der Waals surface area contributed by atoms with Gasteiger partial charge in [-0.05, 0) is 24.6 Å². The van der Waals surface area contributed by atoms with E-state index in [9.17, 15) is 4.79 Å². The largest absolute Gasteiger partial charge is 0.478 e. The lowest BCUT2D eigenvalue weighted by Crippen LogP contribution is -2.03. The first-order chi connectivity index (χ1) is 8.56. The number of aromatic nitrogens is 2. The lowest BCUT2D eigenvalue weighted by Gasteiger charge is -2.04. The van der Waals surface area contributed by atoms with Gasteiger partial charge in [-0.2, -0.15) is 5.10 Å². The first-order valence-electron chi connectivity index (χ1n) is 5.63. The minimum atomic E-state index is -0.912. The maximum Gasteiger partial charge on any atom is 0.335 e. The van der Waals surface area contributed by atoms with Crippen LogP contribution < -0.4 is 5.32 Å². The Morgan fingerprint density at radius 2 is 2.22 bits per heavy atom. The molecule has 1 aromatic heterocycles. The van der Waals surface area contributed by atoms with Crippen LogP contribution in [0.4, 0.5) is 5.82 Å². The second-order valence-corrected chi connectivity index (χ2v) is 4.15. The fraction of sp³-hybridized carbons (Fsp3) is 0.231. The van der Waals surface area contributed by atoms with Crippen molar-refractivity contribution in [2.75, 3.05) is 5.32 Å². The van der Waals surface area contributed by atoms with Crippen molar-refractivity contribution in [3.8, 4) is 0 Å². The quantitative estimate of drug-likeness (QED) is 0.865. The molecule has 0 aliphatic carbocycles. The number of nitrogens with one attached hydrogen (secondary N) is 1. The Morgan fingerprint density at radius 1 is 1.44 bits per heavy atom. The van der Waals surface area contributed by atoms with E-state index in [2.05, 4.69) is 10.4 Å². The third-order valence-electron chi connectivity index (χ3n) is 2.76. The lowest BCUT2D eigenvalue weighted by atomic mass is 10.1. The van der Waals surface area contributed by atoms with Crippen LogP contribution in [-0.2, 0) is 13.6 Å². The molecule has 94 valence electrons. The van der Waals surface area contributed by atoms with Gasteiger partial charge in [-0.1, -0.05) is 12.1 Å². The summed E-state index contributed by atoms with van der Waals surface area (Å²) in [7, 11) is 1.88. The predicted octanol–water partition coefficient (Wildman–Crippen LogP) is 2.04. The van der Waals surface area contributed by atoms with Crippen molar-refractivity contribution >= 4 is 11.8 Å². The number of rotatable bonds is 4. The lowest BCUT2D eigenvalue weighted by molar-refractivity contribution is 0.0697. The van der Waals surface area contributed by atoms with Crippen molar-refractivity contribution in [1.29, 1.82) is 0 Å². The smallest absolute Gasteiger partial charge is 0.335 e. The van der Waals surface area contributed by atoms with E-state index < -0.39 is 5.97 Å². The first-order valence-corrected chi connectivity index (χ1v) is 5.63. The van der Waals surface area contributed by atoms with Gasteiger partial charge in [0.15, 0.2) is 0 Å². The highest BCUT2D eigenvalue weighted by Gasteiger charge is 2.04. The summed E-state index contributed by atoms with van der Waals surface area (Å²) in [6.45, 7) is 2.53. The van der Waals surface area contributed by atoms with Crippen LogP contribution in [0.3, 0.4) is 0 Å². The highest BCUT2D eigenvalue weighted by Crippen LogP contribution is 2.10. The second kappa shape index (κ2) is 4.91. The Morgan fingerprint density at radius 3 is 2.83 bits per heavy atom. The van der Waals surface area contributed by atoms with Gasteiger partial charge in [0.05, 0.1) is 5.56 Å². The number of aryl methyl sites for hydroxylation is 2. The number of carbonyl (C=O) groups is 1. The zero-order valence-electron chi connectivity index (χ0n) is 10.3. The van der Waals surface area contributed by atoms with Gasteiger partial charge >= 0.3 is 5.97 Å². The molecule has 0 aliphatic heterocycles. The maximum absolute atomic E-state index is 10.8. The van der Waals surface area contributed by atoms with Gasteiger partial charge in [-0.25, -0.2) is 4.79 Å². The molecule has 0 aliphatic rings. The van der Waals surface area contributed by atoms with Gasteiger partial charge in [0.2, 0.25) is 0 Å². The predicted molar refractivity (Wildman–Crippen MR) is 68.7 cm³/mol. The Labute approximate surface area is 105 Å². The third-order valence-corrected chi connectivity index (χ3v) is 2.76. The average Bonchev–Trinajstić information content (AvgIpc) is 2.67. The van der Waals surface area contributed by atoms with Crippen molar-refractivity contribution in [1.82, 2.24) is 9.78 Å². The monoisotopic (exact) mass is 245 g/mol. The Hall–Kier alpha value is -2.30. The van der Waals surface area contributed by atoms with Gasteiger partial charge in [0.25, 0.3) is 0 Å². The highest BCUT2D eigenvalue weighted by atomic mass is 16.4. The molecule has 0 bridgehead atoms. The summed E-state index contributed by atoms with van der Waals surface area (Å²) >= 11 is 0. The third kappa shape index (κ3) is 2.68. The molecule has 1 heterocycles. The molecule has 0 radical (unpaired) electrons. The molecule has 0 atom stereocenters. The van der Waals surface area contributed by atoms with Crippen LogP contribution in [0.5, 0.6) is 0 Å². The summed E-state index contributed by atoms with van der Waals surface area (Å²) in [5.74, 6) is -0.124. The zero-order valence-corrected chi connectivity index (χ0v) is 10.3. The Balaban J connectivity index is 2.06. The summed E-state index contributed by atoms with van der Waals surface area (Å²) < 4.78 is 1.79. The minimum absolute atomic E-state index is 0.298. The van der Waals surface area contributed by atoms with E-state index in [1.165, 1.54) is 0 Å². The van der Waals surface area contributed by atoms with Crippen molar-refractivity contribution in [2.45, 2.75) is 13.5 Å².